The highest BCUT2D eigenvalue weighted by molar-refractivity contribution is 7.89. The fraction of sp³-hybridized carbons (Fsp3) is 0.481. The lowest BCUT2D eigenvalue weighted by atomic mass is 10.0. The number of carbonyl (C=O) groups is 1. The molecule has 0 bridgehead atoms. The second kappa shape index (κ2) is 11.4. The van der Waals surface area contributed by atoms with Gasteiger partial charge in [0, 0.05) is 31.7 Å². The number of benzene rings is 2. The van der Waals surface area contributed by atoms with Gasteiger partial charge >= 0.3 is 0 Å². The number of rotatable bonds is 9. The Kier molecular flexibility index (Phi) is 8.44. The van der Waals surface area contributed by atoms with E-state index in [2.05, 4.69) is 25.7 Å². The second-order valence-electron chi connectivity index (χ2n) is 9.54. The van der Waals surface area contributed by atoms with Crippen molar-refractivity contribution < 1.29 is 13.2 Å². The third-order valence-corrected chi connectivity index (χ3v) is 9.90. The van der Waals surface area contributed by atoms with Gasteiger partial charge in [-0.25, -0.2) is 13.4 Å². The molecule has 9 heteroatoms. The van der Waals surface area contributed by atoms with E-state index in [4.69, 9.17) is 4.98 Å². The lowest BCUT2D eigenvalue weighted by Crippen LogP contribution is -2.39. The van der Waals surface area contributed by atoms with Crippen molar-refractivity contribution in [1.29, 1.82) is 0 Å². The van der Waals surface area contributed by atoms with Gasteiger partial charge in [0.25, 0.3) is 5.91 Å². The predicted octanol–water partition coefficient (Wildman–Crippen LogP) is 5.01. The van der Waals surface area contributed by atoms with Crippen molar-refractivity contribution in [2.75, 3.05) is 44.2 Å². The van der Waals surface area contributed by atoms with E-state index in [0.717, 1.165) is 48.3 Å². The molecule has 0 radical (unpaired) electrons. The predicted molar refractivity (Wildman–Crippen MR) is 147 cm³/mol. The molecule has 1 unspecified atom stereocenters. The molecule has 4 rings (SSSR count). The molecule has 1 aliphatic rings. The number of hydrogen-bond donors (Lipinski definition) is 0. The number of para-hydroxylation sites is 1. The Hall–Kier alpha value is -2.33. The van der Waals surface area contributed by atoms with E-state index in [-0.39, 0.29) is 10.8 Å². The van der Waals surface area contributed by atoms with Gasteiger partial charge in [-0.15, -0.1) is 0 Å². The largest absolute Gasteiger partial charge is 0.302 e. The van der Waals surface area contributed by atoms with Crippen LogP contribution in [-0.2, 0) is 10.0 Å². The summed E-state index contributed by atoms with van der Waals surface area (Å²) in [4.78, 5) is 22.8. The molecule has 7 nitrogen and oxygen atoms in total. The zero-order valence-corrected chi connectivity index (χ0v) is 23.2. The SMILES string of the molecule is CCN(CC)CCN(C(=O)c1ccc(S(=O)(=O)N2CCCC(C)C2)cc1)c1nc2c(C)cccc2s1. The molecule has 0 aliphatic carbocycles. The summed E-state index contributed by atoms with van der Waals surface area (Å²) in [5, 5.41) is 0.662. The topological polar surface area (TPSA) is 73.8 Å². The summed E-state index contributed by atoms with van der Waals surface area (Å²) in [5.41, 5.74) is 2.44. The van der Waals surface area contributed by atoms with Gasteiger partial charge in [-0.1, -0.05) is 44.2 Å². The maximum atomic E-state index is 13.7. The highest BCUT2D eigenvalue weighted by atomic mass is 32.2. The van der Waals surface area contributed by atoms with Crippen LogP contribution in [0.4, 0.5) is 5.13 Å². The monoisotopic (exact) mass is 528 g/mol. The minimum atomic E-state index is -3.57. The average Bonchev–Trinajstić information content (AvgIpc) is 3.32. The van der Waals surface area contributed by atoms with Crippen LogP contribution in [-0.4, -0.2) is 67.8 Å². The highest BCUT2D eigenvalue weighted by Crippen LogP contribution is 2.32. The Morgan fingerprint density at radius 3 is 2.47 bits per heavy atom. The first-order valence-electron chi connectivity index (χ1n) is 12.7. The standard InChI is InChI=1S/C27H36N4O3S2/c1-5-29(6-2)17-18-31(27-28-25-21(4)10-7-11-24(25)35-27)26(32)22-12-14-23(15-13-22)36(33,34)30-16-8-9-20(3)19-30/h7,10-15,20H,5-6,8-9,16-19H2,1-4H3. The summed E-state index contributed by atoms with van der Waals surface area (Å²) in [6.07, 6.45) is 1.92. The third kappa shape index (κ3) is 5.64. The van der Waals surface area contributed by atoms with E-state index in [0.29, 0.717) is 36.2 Å². The van der Waals surface area contributed by atoms with Crippen LogP contribution in [0.3, 0.4) is 0 Å². The quantitative estimate of drug-likeness (QED) is 0.390. The van der Waals surface area contributed by atoms with Gasteiger partial charge in [0.1, 0.15) is 0 Å². The van der Waals surface area contributed by atoms with Gasteiger partial charge in [0.05, 0.1) is 15.1 Å². The molecule has 2 aromatic carbocycles. The van der Waals surface area contributed by atoms with E-state index in [1.54, 1.807) is 33.5 Å². The van der Waals surface area contributed by atoms with Crippen molar-refractivity contribution >= 4 is 42.6 Å². The minimum Gasteiger partial charge on any atom is -0.302 e. The molecule has 36 heavy (non-hydrogen) atoms. The molecular formula is C27H36N4O3S2. The summed E-state index contributed by atoms with van der Waals surface area (Å²) >= 11 is 1.51. The van der Waals surface area contributed by atoms with Crippen molar-refractivity contribution in [1.82, 2.24) is 14.2 Å². The molecule has 1 saturated heterocycles. The van der Waals surface area contributed by atoms with E-state index < -0.39 is 10.0 Å². The number of amides is 1. The number of likely N-dealkylation sites (N-methyl/N-ethyl adjacent to an activating group) is 1. The van der Waals surface area contributed by atoms with Crippen molar-refractivity contribution in [3.05, 3.63) is 53.6 Å². The normalized spacial score (nSPS) is 17.1. The third-order valence-electron chi connectivity index (χ3n) is 6.98. The number of aromatic nitrogens is 1. The van der Waals surface area contributed by atoms with Gasteiger partial charge in [-0.3, -0.25) is 9.69 Å². The van der Waals surface area contributed by atoms with E-state index in [1.165, 1.54) is 11.3 Å². The number of aryl methyl sites for hydroxylation is 1. The van der Waals surface area contributed by atoms with Crippen LogP contribution in [0.1, 0.15) is 49.5 Å². The van der Waals surface area contributed by atoms with Crippen LogP contribution in [0.25, 0.3) is 10.2 Å². The number of sulfonamides is 1. The Labute approximate surface area is 218 Å². The summed E-state index contributed by atoms with van der Waals surface area (Å²) in [7, 11) is -3.57. The van der Waals surface area contributed by atoms with Crippen LogP contribution in [0, 0.1) is 12.8 Å². The molecule has 194 valence electrons. The Morgan fingerprint density at radius 1 is 1.11 bits per heavy atom. The number of thiazole rings is 1. The average molecular weight is 529 g/mol. The molecular weight excluding hydrogens is 492 g/mol. The number of nitrogens with zero attached hydrogens (tertiary/aromatic N) is 4. The molecule has 3 aromatic rings. The van der Waals surface area contributed by atoms with Crippen molar-refractivity contribution in [3.63, 3.8) is 0 Å². The van der Waals surface area contributed by atoms with Crippen LogP contribution >= 0.6 is 11.3 Å². The van der Waals surface area contributed by atoms with Gasteiger partial charge in [0.15, 0.2) is 5.13 Å². The molecule has 1 aliphatic heterocycles. The number of anilines is 1. The first kappa shape index (κ1) is 26.7. The highest BCUT2D eigenvalue weighted by Gasteiger charge is 2.29. The number of fused-ring (bicyclic) bond motifs is 1. The van der Waals surface area contributed by atoms with Gasteiger partial charge in [-0.05, 0) is 74.7 Å². The zero-order valence-electron chi connectivity index (χ0n) is 21.6. The molecule has 1 aromatic heterocycles. The van der Waals surface area contributed by atoms with Gasteiger partial charge in [-0.2, -0.15) is 4.31 Å². The number of carbonyl (C=O) groups excluding carboxylic acids is 1. The molecule has 0 saturated carbocycles. The summed E-state index contributed by atoms with van der Waals surface area (Å²) in [6.45, 7) is 12.5. The summed E-state index contributed by atoms with van der Waals surface area (Å²) < 4.78 is 28.9. The van der Waals surface area contributed by atoms with Crippen LogP contribution in [0.2, 0.25) is 0 Å². The van der Waals surface area contributed by atoms with Crippen LogP contribution in [0.5, 0.6) is 0 Å². The minimum absolute atomic E-state index is 0.172. The van der Waals surface area contributed by atoms with Crippen molar-refractivity contribution in [2.45, 2.75) is 45.4 Å². The van der Waals surface area contributed by atoms with E-state index in [9.17, 15) is 13.2 Å². The molecule has 1 amide bonds. The van der Waals surface area contributed by atoms with Gasteiger partial charge < -0.3 is 4.90 Å². The Balaban J connectivity index is 1.62. The lowest BCUT2D eigenvalue weighted by molar-refractivity contribution is 0.0983. The first-order valence-corrected chi connectivity index (χ1v) is 15.0. The number of piperidine rings is 1. The van der Waals surface area contributed by atoms with Crippen LogP contribution in [0.15, 0.2) is 47.4 Å². The number of hydrogen-bond acceptors (Lipinski definition) is 6. The van der Waals surface area contributed by atoms with E-state index >= 15 is 0 Å². The molecule has 2 heterocycles. The van der Waals surface area contributed by atoms with E-state index in [1.807, 2.05) is 25.1 Å². The second-order valence-corrected chi connectivity index (χ2v) is 12.5. The molecule has 1 fully saturated rings. The van der Waals surface area contributed by atoms with Gasteiger partial charge in [0.2, 0.25) is 10.0 Å². The molecule has 0 N–H and O–H groups in total. The first-order chi connectivity index (χ1) is 17.2. The maximum Gasteiger partial charge on any atom is 0.260 e. The molecule has 1 atom stereocenters. The fourth-order valence-electron chi connectivity index (χ4n) is 4.69. The Morgan fingerprint density at radius 2 is 1.83 bits per heavy atom. The summed E-state index contributed by atoms with van der Waals surface area (Å²) in [5.74, 6) is 0.181. The van der Waals surface area contributed by atoms with Crippen LogP contribution < -0.4 is 4.90 Å². The smallest absolute Gasteiger partial charge is 0.260 e. The van der Waals surface area contributed by atoms with Crippen molar-refractivity contribution in [3.8, 4) is 0 Å². The maximum absolute atomic E-state index is 13.7. The Bertz CT molecular complexity index is 1300. The fourth-order valence-corrected chi connectivity index (χ4v) is 7.36. The lowest BCUT2D eigenvalue weighted by Gasteiger charge is -2.30. The zero-order chi connectivity index (χ0) is 25.9. The summed E-state index contributed by atoms with van der Waals surface area (Å²) in [6, 6.07) is 12.4. The molecule has 0 spiro atoms. The van der Waals surface area contributed by atoms with Crippen molar-refractivity contribution in [2.24, 2.45) is 5.92 Å².